The molecule has 10 rings (SSSR count). The number of nitrogens with one attached hydrogen (secondary N) is 2. The van der Waals surface area contributed by atoms with Crippen molar-refractivity contribution in [3.05, 3.63) is 125 Å². The number of hydrogen-bond donors (Lipinski definition) is 7. The molecule has 2 aliphatic heterocycles. The van der Waals surface area contributed by atoms with Crippen LogP contribution in [0.5, 0.6) is 11.5 Å². The summed E-state index contributed by atoms with van der Waals surface area (Å²) in [6.45, 7) is 1.68. The van der Waals surface area contributed by atoms with Gasteiger partial charge in [0.05, 0.1) is 18.3 Å². The number of carbonyl (C=O) groups is 2. The molecule has 2 aromatic heterocycles. The summed E-state index contributed by atoms with van der Waals surface area (Å²) in [6, 6.07) is 14.5. The second kappa shape index (κ2) is 12.6. The normalized spacial score (nSPS) is 30.5. The molecule has 2 fully saturated rings. The van der Waals surface area contributed by atoms with Crippen molar-refractivity contribution in [1.82, 2.24) is 19.8 Å². The fourth-order valence-electron chi connectivity index (χ4n) is 11.8. The standard InChI is InChI=1S/C22H25N3O4.C21H23N3O4/c1-25-6-5-21-11-17-13(7-15(19(23)26)20(27)24-17)10-22(21,28)18(25)8-12-3-4-14(29-2)9-16(12)21;1-24-5-4-20-10-16-12(6-14(18(22)26)19(27)23-16)9-21(20,28)17(24)7-11-2-3-13(25)8-15(11)20/h3-4,7,9,18,28H,5-6,8,10-11H2,1-2H3,(H2,23,26)(H,24,27);2-3,6,8,17,25,28H,4-5,7,9-10H2,1H3,(H2,22,26)(H,23,27)/t18-,21-,22-;17-,20-,21-/m11/s1. The average molecular weight is 777 g/mol. The smallest absolute Gasteiger partial charge is 0.261 e. The summed E-state index contributed by atoms with van der Waals surface area (Å²) in [5.74, 6) is -0.581. The Morgan fingerprint density at radius 2 is 1.16 bits per heavy atom. The van der Waals surface area contributed by atoms with Gasteiger partial charge in [0.2, 0.25) is 0 Å². The SMILES string of the molecule is CN1CC[C@]23Cc4[nH]c(=O)c(C(N)=O)cc4C[C@@]2(O)[C@H]1Cc1ccc(O)cc13.COc1ccc2c(c1)[C@]13CCN(C)[C@H](C2)[C@]1(O)Cc1cc(C(N)=O)c(=O)[nH]c1C3. The van der Waals surface area contributed by atoms with E-state index in [2.05, 4.69) is 32.9 Å². The molecule has 0 saturated carbocycles. The molecule has 2 amide bonds. The molecule has 14 nitrogen and oxygen atoms in total. The maximum absolute atomic E-state index is 12.4. The molecule has 14 heteroatoms. The fraction of sp³-hybridized carbons (Fsp3) is 0.442. The number of aromatic amines is 2. The summed E-state index contributed by atoms with van der Waals surface area (Å²) in [5, 5.41) is 34.4. The lowest BCUT2D eigenvalue weighted by molar-refractivity contribution is -0.145. The van der Waals surface area contributed by atoms with E-state index < -0.39 is 45.0 Å². The van der Waals surface area contributed by atoms with Gasteiger partial charge in [0.1, 0.15) is 22.6 Å². The van der Waals surface area contributed by atoms with Crippen LogP contribution >= 0.6 is 0 Å². The summed E-state index contributed by atoms with van der Waals surface area (Å²) in [4.78, 5) is 58.2. The number of likely N-dealkylation sites (N-methyl/N-ethyl adjacent to an activating group) is 2. The van der Waals surface area contributed by atoms with Gasteiger partial charge in [0.25, 0.3) is 22.9 Å². The van der Waals surface area contributed by atoms with E-state index in [9.17, 15) is 34.5 Å². The van der Waals surface area contributed by atoms with E-state index in [-0.39, 0.29) is 29.0 Å². The molecule has 298 valence electrons. The number of nitrogens with zero attached hydrogens (tertiary/aromatic N) is 2. The van der Waals surface area contributed by atoms with Gasteiger partial charge < -0.3 is 51.3 Å². The number of phenols is 1. The zero-order valence-electron chi connectivity index (χ0n) is 32.3. The van der Waals surface area contributed by atoms with Crippen LogP contribution in [0.3, 0.4) is 0 Å². The van der Waals surface area contributed by atoms with Crippen molar-refractivity contribution in [1.29, 1.82) is 0 Å². The Hall–Kier alpha value is -5.28. The van der Waals surface area contributed by atoms with Crippen LogP contribution in [0.1, 0.15) is 78.3 Å². The number of pyridine rings is 2. The van der Waals surface area contributed by atoms with Gasteiger partial charge in [-0.1, -0.05) is 12.1 Å². The third-order valence-corrected chi connectivity index (χ3v) is 14.7. The van der Waals surface area contributed by atoms with Crippen LogP contribution in [-0.4, -0.2) is 104 Å². The van der Waals surface area contributed by atoms with Crippen molar-refractivity contribution in [3.8, 4) is 11.5 Å². The number of benzene rings is 2. The van der Waals surface area contributed by atoms with Crippen LogP contribution in [0.4, 0.5) is 0 Å². The summed E-state index contributed by atoms with van der Waals surface area (Å²) in [6.07, 6.45) is 4.57. The Kier molecular flexibility index (Phi) is 8.25. The number of carbonyl (C=O) groups excluding carboxylic acids is 2. The number of ether oxygens (including phenoxy) is 1. The van der Waals surface area contributed by atoms with Crippen LogP contribution in [-0.2, 0) is 49.4 Å². The Morgan fingerprint density at radius 3 is 1.61 bits per heavy atom. The first-order valence-corrected chi connectivity index (χ1v) is 19.5. The third-order valence-electron chi connectivity index (χ3n) is 14.7. The van der Waals surface area contributed by atoms with Crippen LogP contribution in [0, 0.1) is 0 Å². The minimum absolute atomic E-state index is 0.0470. The van der Waals surface area contributed by atoms with Crippen molar-refractivity contribution in [3.63, 3.8) is 0 Å². The van der Waals surface area contributed by atoms with E-state index in [1.54, 1.807) is 25.3 Å². The van der Waals surface area contributed by atoms with E-state index >= 15 is 0 Å². The molecule has 4 aromatic rings. The number of H-pyrrole nitrogens is 2. The largest absolute Gasteiger partial charge is 0.508 e. The van der Waals surface area contributed by atoms with Gasteiger partial charge in [-0.05, 0) is 123 Å². The number of primary amides is 2. The summed E-state index contributed by atoms with van der Waals surface area (Å²) >= 11 is 0. The molecular formula is C43H48N6O8. The van der Waals surface area contributed by atoms with Crippen LogP contribution in [0.2, 0.25) is 0 Å². The highest BCUT2D eigenvalue weighted by Crippen LogP contribution is 2.58. The van der Waals surface area contributed by atoms with E-state index in [0.717, 1.165) is 70.9 Å². The van der Waals surface area contributed by atoms with Crippen molar-refractivity contribution in [2.75, 3.05) is 34.3 Å². The summed E-state index contributed by atoms with van der Waals surface area (Å²) in [7, 11) is 5.72. The second-order valence-electron chi connectivity index (χ2n) is 17.2. The van der Waals surface area contributed by atoms with Crippen molar-refractivity contribution < 1.29 is 29.6 Å². The third kappa shape index (κ3) is 5.16. The lowest BCUT2D eigenvalue weighted by Crippen LogP contribution is -2.73. The van der Waals surface area contributed by atoms with Gasteiger partial charge >= 0.3 is 0 Å². The Balaban J connectivity index is 0.000000148. The molecule has 4 bridgehead atoms. The monoisotopic (exact) mass is 776 g/mol. The number of likely N-dealkylation sites (tertiary alicyclic amines) is 2. The molecule has 2 saturated heterocycles. The molecule has 4 heterocycles. The van der Waals surface area contributed by atoms with E-state index in [4.69, 9.17) is 16.2 Å². The van der Waals surface area contributed by atoms with Crippen LogP contribution < -0.4 is 27.3 Å². The Labute approximate surface area is 328 Å². The Bertz CT molecular complexity index is 2520. The number of aromatic hydroxyl groups is 1. The van der Waals surface area contributed by atoms with E-state index in [1.807, 2.05) is 25.2 Å². The van der Waals surface area contributed by atoms with Crippen molar-refractivity contribution in [2.24, 2.45) is 11.5 Å². The summed E-state index contributed by atoms with van der Waals surface area (Å²) in [5.41, 5.74) is 13.9. The predicted octanol–water partition coefficient (Wildman–Crippen LogP) is 0.718. The molecule has 0 spiro atoms. The van der Waals surface area contributed by atoms with E-state index in [1.165, 1.54) is 11.6 Å². The molecule has 6 aliphatic rings. The number of amides is 2. The molecule has 0 radical (unpaired) electrons. The lowest BCUT2D eigenvalue weighted by atomic mass is 9.49. The topological polar surface area (TPSA) is 228 Å². The first-order valence-electron chi connectivity index (χ1n) is 19.5. The van der Waals surface area contributed by atoms with Crippen LogP contribution in [0.25, 0.3) is 0 Å². The van der Waals surface area contributed by atoms with Gasteiger partial charge in [-0.25, -0.2) is 0 Å². The van der Waals surface area contributed by atoms with Gasteiger partial charge in [-0.15, -0.1) is 0 Å². The minimum atomic E-state index is -1.07. The number of piperidine rings is 2. The molecule has 57 heavy (non-hydrogen) atoms. The highest BCUT2D eigenvalue weighted by atomic mass is 16.5. The molecular weight excluding hydrogens is 729 g/mol. The number of rotatable bonds is 3. The first kappa shape index (κ1) is 37.3. The highest BCUT2D eigenvalue weighted by molar-refractivity contribution is 5.93. The molecule has 9 N–H and O–H groups in total. The quantitative estimate of drug-likeness (QED) is 0.154. The average Bonchev–Trinajstić information content (AvgIpc) is 3.16. The number of phenolic OH excluding ortho intramolecular Hbond substituents is 1. The Morgan fingerprint density at radius 1 is 0.702 bits per heavy atom. The zero-order valence-corrected chi connectivity index (χ0v) is 32.3. The number of aromatic nitrogens is 2. The van der Waals surface area contributed by atoms with Gasteiger partial charge in [0.15, 0.2) is 0 Å². The fourth-order valence-corrected chi connectivity index (χ4v) is 11.8. The first-order chi connectivity index (χ1) is 27.0. The predicted molar refractivity (Wildman–Crippen MR) is 210 cm³/mol. The maximum Gasteiger partial charge on any atom is 0.261 e. The number of aliphatic hydroxyl groups is 2. The number of fused-ring (bicyclic) bond motifs is 4. The van der Waals surface area contributed by atoms with E-state index in [0.29, 0.717) is 38.5 Å². The highest BCUT2D eigenvalue weighted by Gasteiger charge is 2.65. The van der Waals surface area contributed by atoms with Gasteiger partial charge in [-0.2, -0.15) is 0 Å². The molecule has 0 unspecified atom stereocenters. The second-order valence-corrected chi connectivity index (χ2v) is 17.2. The number of nitrogens with two attached hydrogens (primary N) is 2. The molecule has 2 aromatic carbocycles. The lowest BCUT2D eigenvalue weighted by Gasteiger charge is -2.63. The number of hydrogen-bond acceptors (Lipinski definition) is 10. The van der Waals surface area contributed by atoms with Crippen LogP contribution in [0.15, 0.2) is 58.1 Å². The molecule has 6 atom stereocenters. The zero-order chi connectivity index (χ0) is 40.4. The summed E-state index contributed by atoms with van der Waals surface area (Å²) < 4.78 is 5.48. The van der Waals surface area contributed by atoms with Gasteiger partial charge in [0, 0.05) is 60.0 Å². The van der Waals surface area contributed by atoms with Crippen molar-refractivity contribution in [2.45, 2.75) is 85.5 Å². The van der Waals surface area contributed by atoms with Gasteiger partial charge in [-0.3, -0.25) is 19.2 Å². The van der Waals surface area contributed by atoms with Crippen molar-refractivity contribution >= 4 is 11.8 Å². The molecule has 4 aliphatic carbocycles. The minimum Gasteiger partial charge on any atom is -0.508 e. The maximum atomic E-state index is 12.4. The number of methoxy groups -OCH3 is 1.